The SMILES string of the molecule is C[C@H](CO)Nc1nc(NCc2cccc(Cl)c2)cc(C2CC2)n1. The summed E-state index contributed by atoms with van der Waals surface area (Å²) >= 11 is 6.01. The molecule has 0 amide bonds. The Bertz CT molecular complexity index is 675. The summed E-state index contributed by atoms with van der Waals surface area (Å²) in [7, 11) is 0. The lowest BCUT2D eigenvalue weighted by Gasteiger charge is -2.14. The molecule has 1 aliphatic carbocycles. The van der Waals surface area contributed by atoms with Crippen molar-refractivity contribution >= 4 is 23.4 Å². The Balaban J connectivity index is 1.74. The van der Waals surface area contributed by atoms with Crippen LogP contribution in [-0.4, -0.2) is 27.7 Å². The molecular formula is C17H21ClN4O. The summed E-state index contributed by atoms with van der Waals surface area (Å²) in [4.78, 5) is 9.05. The Kier molecular flexibility index (Phi) is 4.98. The normalized spacial score (nSPS) is 15.3. The summed E-state index contributed by atoms with van der Waals surface area (Å²) in [5, 5.41) is 16.4. The van der Waals surface area contributed by atoms with E-state index in [1.165, 1.54) is 12.8 Å². The first-order valence-electron chi connectivity index (χ1n) is 7.88. The van der Waals surface area contributed by atoms with E-state index in [0.717, 1.165) is 22.1 Å². The van der Waals surface area contributed by atoms with Crippen molar-refractivity contribution in [3.8, 4) is 0 Å². The van der Waals surface area contributed by atoms with Crippen molar-refractivity contribution in [1.82, 2.24) is 9.97 Å². The summed E-state index contributed by atoms with van der Waals surface area (Å²) in [6.45, 7) is 2.59. The number of hydrogen-bond donors (Lipinski definition) is 3. The van der Waals surface area contributed by atoms with Gasteiger partial charge < -0.3 is 15.7 Å². The maximum atomic E-state index is 9.19. The average molecular weight is 333 g/mol. The Morgan fingerprint density at radius 3 is 2.83 bits per heavy atom. The summed E-state index contributed by atoms with van der Waals surface area (Å²) in [6.07, 6.45) is 2.36. The van der Waals surface area contributed by atoms with Crippen molar-refractivity contribution in [2.75, 3.05) is 17.2 Å². The molecule has 23 heavy (non-hydrogen) atoms. The predicted octanol–water partition coefficient (Wildman–Crippen LogP) is 3.41. The number of halogens is 1. The van der Waals surface area contributed by atoms with Crippen LogP contribution in [0, 0.1) is 0 Å². The van der Waals surface area contributed by atoms with Crippen LogP contribution in [0.2, 0.25) is 5.02 Å². The van der Waals surface area contributed by atoms with E-state index >= 15 is 0 Å². The standard InChI is InChI=1S/C17H21ClN4O/c1-11(10-23)20-17-21-15(13-5-6-13)8-16(22-17)19-9-12-3-2-4-14(18)7-12/h2-4,7-8,11,13,23H,5-6,9-10H2,1H3,(H2,19,20,21,22)/t11-/m1/s1. The molecule has 5 nitrogen and oxygen atoms in total. The van der Waals surface area contributed by atoms with Crippen molar-refractivity contribution in [1.29, 1.82) is 0 Å². The molecule has 6 heteroatoms. The maximum absolute atomic E-state index is 9.19. The van der Waals surface area contributed by atoms with Gasteiger partial charge in [-0.25, -0.2) is 4.98 Å². The summed E-state index contributed by atoms with van der Waals surface area (Å²) in [6, 6.07) is 9.69. The first kappa shape index (κ1) is 16.0. The van der Waals surface area contributed by atoms with Crippen molar-refractivity contribution in [3.63, 3.8) is 0 Å². The molecule has 0 saturated heterocycles. The monoisotopic (exact) mass is 332 g/mol. The first-order valence-corrected chi connectivity index (χ1v) is 8.26. The zero-order valence-electron chi connectivity index (χ0n) is 13.1. The lowest BCUT2D eigenvalue weighted by molar-refractivity contribution is 0.281. The van der Waals surface area contributed by atoms with Gasteiger partial charge in [0.1, 0.15) is 5.82 Å². The van der Waals surface area contributed by atoms with Crippen LogP contribution in [0.25, 0.3) is 0 Å². The molecular weight excluding hydrogens is 312 g/mol. The van der Waals surface area contributed by atoms with Gasteiger partial charge in [0.2, 0.25) is 5.95 Å². The molecule has 1 saturated carbocycles. The molecule has 2 aromatic rings. The zero-order valence-corrected chi connectivity index (χ0v) is 13.8. The molecule has 1 aliphatic rings. The van der Waals surface area contributed by atoms with E-state index in [9.17, 15) is 5.11 Å². The quantitative estimate of drug-likeness (QED) is 0.725. The molecule has 122 valence electrons. The number of aromatic nitrogens is 2. The topological polar surface area (TPSA) is 70.1 Å². The molecule has 1 aromatic carbocycles. The third-order valence-corrected chi connectivity index (χ3v) is 3.99. The van der Waals surface area contributed by atoms with Crippen LogP contribution >= 0.6 is 11.6 Å². The molecule has 1 atom stereocenters. The highest BCUT2D eigenvalue weighted by Gasteiger charge is 2.26. The van der Waals surface area contributed by atoms with Gasteiger partial charge in [-0.1, -0.05) is 23.7 Å². The summed E-state index contributed by atoms with van der Waals surface area (Å²) < 4.78 is 0. The predicted molar refractivity (Wildman–Crippen MR) is 93.0 cm³/mol. The third-order valence-electron chi connectivity index (χ3n) is 3.75. The smallest absolute Gasteiger partial charge is 0.225 e. The number of aliphatic hydroxyl groups is 1. The molecule has 1 heterocycles. The van der Waals surface area contributed by atoms with Gasteiger partial charge in [-0.3, -0.25) is 0 Å². The van der Waals surface area contributed by atoms with Gasteiger partial charge in [0.15, 0.2) is 0 Å². The minimum atomic E-state index is -0.0785. The zero-order chi connectivity index (χ0) is 16.2. The van der Waals surface area contributed by atoms with E-state index in [2.05, 4.69) is 20.6 Å². The molecule has 0 unspecified atom stereocenters. The molecule has 0 radical (unpaired) electrons. The largest absolute Gasteiger partial charge is 0.394 e. The van der Waals surface area contributed by atoms with Gasteiger partial charge >= 0.3 is 0 Å². The second kappa shape index (κ2) is 7.15. The lowest BCUT2D eigenvalue weighted by Crippen LogP contribution is -2.21. The molecule has 1 aromatic heterocycles. The molecule has 3 N–H and O–H groups in total. The van der Waals surface area contributed by atoms with Crippen LogP contribution in [0.1, 0.15) is 36.9 Å². The number of benzene rings is 1. The molecule has 0 spiro atoms. The van der Waals surface area contributed by atoms with Gasteiger partial charge in [0.05, 0.1) is 12.3 Å². The highest BCUT2D eigenvalue weighted by atomic mass is 35.5. The van der Waals surface area contributed by atoms with Crippen molar-refractivity contribution in [2.45, 2.75) is 38.3 Å². The van der Waals surface area contributed by atoms with Crippen LogP contribution in [0.5, 0.6) is 0 Å². The highest BCUT2D eigenvalue weighted by Crippen LogP contribution is 2.39. The molecule has 1 fully saturated rings. The second-order valence-electron chi connectivity index (χ2n) is 5.99. The third kappa shape index (κ3) is 4.56. The number of aliphatic hydroxyl groups excluding tert-OH is 1. The fourth-order valence-electron chi connectivity index (χ4n) is 2.31. The van der Waals surface area contributed by atoms with Crippen LogP contribution in [0.4, 0.5) is 11.8 Å². The second-order valence-corrected chi connectivity index (χ2v) is 6.42. The molecule has 0 bridgehead atoms. The molecule has 3 rings (SSSR count). The van der Waals surface area contributed by atoms with E-state index in [0.29, 0.717) is 18.4 Å². The van der Waals surface area contributed by atoms with Gasteiger partial charge in [-0.15, -0.1) is 0 Å². The van der Waals surface area contributed by atoms with Crippen LogP contribution in [0.3, 0.4) is 0 Å². The van der Waals surface area contributed by atoms with Crippen molar-refractivity contribution in [2.24, 2.45) is 0 Å². The Hall–Kier alpha value is -1.85. The minimum Gasteiger partial charge on any atom is -0.394 e. The number of nitrogens with zero attached hydrogens (tertiary/aromatic N) is 2. The number of nitrogens with one attached hydrogen (secondary N) is 2. The van der Waals surface area contributed by atoms with E-state index < -0.39 is 0 Å². The Morgan fingerprint density at radius 2 is 2.13 bits per heavy atom. The van der Waals surface area contributed by atoms with Crippen molar-refractivity contribution < 1.29 is 5.11 Å². The minimum absolute atomic E-state index is 0.0439. The number of rotatable bonds is 7. The van der Waals surface area contributed by atoms with Crippen LogP contribution in [-0.2, 0) is 6.54 Å². The van der Waals surface area contributed by atoms with Gasteiger partial charge in [-0.2, -0.15) is 4.98 Å². The molecule has 0 aliphatic heterocycles. The van der Waals surface area contributed by atoms with Gasteiger partial charge in [0, 0.05) is 29.6 Å². The number of anilines is 2. The highest BCUT2D eigenvalue weighted by molar-refractivity contribution is 6.30. The van der Waals surface area contributed by atoms with E-state index in [1.54, 1.807) is 0 Å². The van der Waals surface area contributed by atoms with Crippen LogP contribution < -0.4 is 10.6 Å². The lowest BCUT2D eigenvalue weighted by atomic mass is 10.2. The first-order chi connectivity index (χ1) is 11.1. The maximum Gasteiger partial charge on any atom is 0.225 e. The Labute approximate surface area is 141 Å². The Morgan fingerprint density at radius 1 is 1.30 bits per heavy atom. The number of hydrogen-bond acceptors (Lipinski definition) is 5. The fraction of sp³-hybridized carbons (Fsp3) is 0.412. The van der Waals surface area contributed by atoms with Gasteiger partial charge in [-0.05, 0) is 37.5 Å². The van der Waals surface area contributed by atoms with E-state index in [4.69, 9.17) is 11.6 Å². The average Bonchev–Trinajstić information content (AvgIpc) is 3.37. The van der Waals surface area contributed by atoms with E-state index in [1.807, 2.05) is 37.3 Å². The summed E-state index contributed by atoms with van der Waals surface area (Å²) in [5.41, 5.74) is 2.16. The van der Waals surface area contributed by atoms with E-state index in [-0.39, 0.29) is 12.6 Å². The fourth-order valence-corrected chi connectivity index (χ4v) is 2.53. The summed E-state index contributed by atoms with van der Waals surface area (Å²) in [5.74, 6) is 1.88. The van der Waals surface area contributed by atoms with Gasteiger partial charge in [0.25, 0.3) is 0 Å². The van der Waals surface area contributed by atoms with Crippen molar-refractivity contribution in [3.05, 3.63) is 46.6 Å². The van der Waals surface area contributed by atoms with Crippen LogP contribution in [0.15, 0.2) is 30.3 Å².